The summed E-state index contributed by atoms with van der Waals surface area (Å²) in [6, 6.07) is 3.81. The fourth-order valence-corrected chi connectivity index (χ4v) is 3.95. The number of hydrogen-bond donors (Lipinski definition) is 0. The Morgan fingerprint density at radius 1 is 1.11 bits per heavy atom. The van der Waals surface area contributed by atoms with Crippen molar-refractivity contribution in [1.29, 1.82) is 0 Å². The Labute approximate surface area is 165 Å². The first kappa shape index (κ1) is 21.7. The second-order valence-electron chi connectivity index (χ2n) is 6.65. The average Bonchev–Trinajstić information content (AvgIpc) is 2.59. The Morgan fingerprint density at radius 2 is 1.70 bits per heavy atom. The molecule has 0 aliphatic carbocycles. The van der Waals surface area contributed by atoms with Crippen LogP contribution < -0.4 is 0 Å². The number of halogens is 1. The largest absolute Gasteiger partial charge is 0.452 e. The second kappa shape index (κ2) is 9.52. The summed E-state index contributed by atoms with van der Waals surface area (Å²) < 4.78 is 30.6. The van der Waals surface area contributed by atoms with E-state index >= 15 is 0 Å². The van der Waals surface area contributed by atoms with E-state index in [0.29, 0.717) is 13.1 Å². The van der Waals surface area contributed by atoms with Crippen molar-refractivity contribution in [1.82, 2.24) is 9.21 Å². The first-order chi connectivity index (χ1) is 12.7. The molecule has 150 valence electrons. The van der Waals surface area contributed by atoms with E-state index in [-0.39, 0.29) is 28.0 Å². The lowest BCUT2D eigenvalue weighted by molar-refractivity contribution is -0.134. The summed E-state index contributed by atoms with van der Waals surface area (Å²) in [5, 5.41) is 0.0661. The average molecular weight is 417 g/mol. The van der Waals surface area contributed by atoms with Gasteiger partial charge in [0, 0.05) is 27.2 Å². The molecule has 1 saturated heterocycles. The number of ether oxygens (including phenoxy) is 1. The molecule has 0 bridgehead atoms. The normalized spacial score (nSPS) is 15.9. The Kier molecular flexibility index (Phi) is 7.64. The number of likely N-dealkylation sites (tertiary alicyclic amines) is 1. The summed E-state index contributed by atoms with van der Waals surface area (Å²) in [6.45, 7) is 0.932. The molecule has 1 aromatic rings. The minimum Gasteiger partial charge on any atom is -0.452 e. The number of carbonyl (C=O) groups excluding carboxylic acids is 2. The van der Waals surface area contributed by atoms with Crippen LogP contribution in [0.2, 0.25) is 5.02 Å². The Bertz CT molecular complexity index is 787. The highest BCUT2D eigenvalue weighted by atomic mass is 35.5. The zero-order valence-electron chi connectivity index (χ0n) is 15.6. The maximum atomic E-state index is 12.3. The van der Waals surface area contributed by atoms with E-state index in [1.165, 1.54) is 38.7 Å². The molecule has 1 aromatic carbocycles. The van der Waals surface area contributed by atoms with E-state index in [1.54, 1.807) is 4.90 Å². The molecule has 0 atom stereocenters. The van der Waals surface area contributed by atoms with Crippen LogP contribution in [0.25, 0.3) is 0 Å². The van der Waals surface area contributed by atoms with Gasteiger partial charge in [0.1, 0.15) is 0 Å². The lowest BCUT2D eigenvalue weighted by Gasteiger charge is -2.24. The lowest BCUT2D eigenvalue weighted by atomic mass is 10.1. The molecule has 0 N–H and O–H groups in total. The molecule has 0 spiro atoms. The Hall–Kier alpha value is -1.64. The predicted molar refractivity (Wildman–Crippen MR) is 102 cm³/mol. The zero-order valence-corrected chi connectivity index (χ0v) is 17.2. The molecule has 7 nitrogen and oxygen atoms in total. The van der Waals surface area contributed by atoms with Gasteiger partial charge in [0.2, 0.25) is 10.0 Å². The summed E-state index contributed by atoms with van der Waals surface area (Å²) in [5.74, 6) is -1.07. The van der Waals surface area contributed by atoms with Gasteiger partial charge in [-0.2, -0.15) is 0 Å². The molecular formula is C18H25ClN2O5S. The molecule has 0 saturated carbocycles. The van der Waals surface area contributed by atoms with Crippen molar-refractivity contribution in [3.8, 4) is 0 Å². The fraction of sp³-hybridized carbons (Fsp3) is 0.556. The van der Waals surface area contributed by atoms with E-state index < -0.39 is 16.0 Å². The summed E-state index contributed by atoms with van der Waals surface area (Å²) in [5.41, 5.74) is -0.0833. The van der Waals surface area contributed by atoms with Crippen molar-refractivity contribution in [2.24, 2.45) is 0 Å². The van der Waals surface area contributed by atoms with Gasteiger partial charge in [-0.05, 0) is 31.0 Å². The van der Waals surface area contributed by atoms with E-state index in [4.69, 9.17) is 16.3 Å². The molecule has 2 rings (SSSR count). The number of benzene rings is 1. The monoisotopic (exact) mass is 416 g/mol. The van der Waals surface area contributed by atoms with Crippen LogP contribution in [0, 0.1) is 0 Å². The van der Waals surface area contributed by atoms with Crippen LogP contribution in [0.3, 0.4) is 0 Å². The maximum Gasteiger partial charge on any atom is 0.340 e. The molecule has 0 aromatic heterocycles. The van der Waals surface area contributed by atoms with E-state index in [1.807, 2.05) is 0 Å². The summed E-state index contributed by atoms with van der Waals surface area (Å²) in [4.78, 5) is 26.3. The van der Waals surface area contributed by atoms with E-state index in [0.717, 1.165) is 30.0 Å². The quantitative estimate of drug-likeness (QED) is 0.688. The molecule has 0 unspecified atom stereocenters. The van der Waals surface area contributed by atoms with E-state index in [9.17, 15) is 18.0 Å². The van der Waals surface area contributed by atoms with Crippen LogP contribution in [0.5, 0.6) is 0 Å². The third kappa shape index (κ3) is 5.67. The van der Waals surface area contributed by atoms with Gasteiger partial charge in [0.25, 0.3) is 5.91 Å². The van der Waals surface area contributed by atoms with Gasteiger partial charge < -0.3 is 9.64 Å². The number of nitrogens with zero attached hydrogens (tertiary/aromatic N) is 2. The second-order valence-corrected chi connectivity index (χ2v) is 9.21. The molecule has 0 radical (unpaired) electrons. The highest BCUT2D eigenvalue weighted by Gasteiger charge is 2.23. The first-order valence-corrected chi connectivity index (χ1v) is 10.7. The minimum atomic E-state index is -3.71. The van der Waals surface area contributed by atoms with Crippen molar-refractivity contribution < 1.29 is 22.7 Å². The highest BCUT2D eigenvalue weighted by Crippen LogP contribution is 2.23. The summed E-state index contributed by atoms with van der Waals surface area (Å²) in [7, 11) is -0.928. The molecule has 1 fully saturated rings. The van der Waals surface area contributed by atoms with Gasteiger partial charge in [0.15, 0.2) is 6.61 Å². The minimum absolute atomic E-state index is 0.0661. The van der Waals surface area contributed by atoms with E-state index in [2.05, 4.69) is 0 Å². The SMILES string of the molecule is CN(C)S(=O)(=O)c1ccc(Cl)c(C(=O)OCC(=O)N2CCCCCCC2)c1. The van der Waals surface area contributed by atoms with Gasteiger partial charge >= 0.3 is 5.97 Å². The third-order valence-electron chi connectivity index (χ3n) is 4.47. The molecule has 9 heteroatoms. The predicted octanol–water partition coefficient (Wildman–Crippen LogP) is 2.54. The van der Waals surface area contributed by atoms with Crippen LogP contribution >= 0.6 is 11.6 Å². The number of hydrogen-bond acceptors (Lipinski definition) is 5. The third-order valence-corrected chi connectivity index (χ3v) is 6.61. The first-order valence-electron chi connectivity index (χ1n) is 8.90. The van der Waals surface area contributed by atoms with Crippen LogP contribution in [-0.2, 0) is 19.6 Å². The van der Waals surface area contributed by atoms with Gasteiger partial charge in [-0.1, -0.05) is 30.9 Å². The molecule has 1 amide bonds. The van der Waals surface area contributed by atoms with Crippen molar-refractivity contribution >= 4 is 33.5 Å². The Morgan fingerprint density at radius 3 is 2.30 bits per heavy atom. The van der Waals surface area contributed by atoms with Crippen LogP contribution in [0.1, 0.15) is 42.5 Å². The molecule has 1 aliphatic rings. The highest BCUT2D eigenvalue weighted by molar-refractivity contribution is 7.89. The fourth-order valence-electron chi connectivity index (χ4n) is 2.83. The van der Waals surface area contributed by atoms with Gasteiger partial charge in [-0.3, -0.25) is 4.79 Å². The number of rotatable bonds is 5. The van der Waals surface area contributed by atoms with Crippen molar-refractivity contribution in [3.63, 3.8) is 0 Å². The molecule has 27 heavy (non-hydrogen) atoms. The van der Waals surface area contributed by atoms with Gasteiger partial charge in [-0.25, -0.2) is 17.5 Å². The van der Waals surface area contributed by atoms with Crippen molar-refractivity contribution in [3.05, 3.63) is 28.8 Å². The number of amides is 1. The number of sulfonamides is 1. The van der Waals surface area contributed by atoms with Crippen LogP contribution in [-0.4, -0.2) is 63.3 Å². The van der Waals surface area contributed by atoms with Crippen molar-refractivity contribution in [2.75, 3.05) is 33.8 Å². The van der Waals surface area contributed by atoms with Gasteiger partial charge in [-0.15, -0.1) is 0 Å². The Balaban J connectivity index is 2.06. The maximum absolute atomic E-state index is 12.3. The number of esters is 1. The topological polar surface area (TPSA) is 84.0 Å². The lowest BCUT2D eigenvalue weighted by Crippen LogP contribution is -2.37. The van der Waals surface area contributed by atoms with Gasteiger partial charge in [0.05, 0.1) is 15.5 Å². The molecule has 1 heterocycles. The summed E-state index contributed by atoms with van der Waals surface area (Å²) in [6.07, 6.45) is 5.24. The summed E-state index contributed by atoms with van der Waals surface area (Å²) >= 11 is 6.02. The standard InChI is InChI=1S/C18H25ClN2O5S/c1-20(2)27(24,25)14-8-9-16(19)15(12-14)18(23)26-13-17(22)21-10-6-4-3-5-7-11-21/h8-9,12H,3-7,10-11,13H2,1-2H3. The molecule has 1 aliphatic heterocycles. The van der Waals surface area contributed by atoms with Crippen LogP contribution in [0.4, 0.5) is 0 Å². The van der Waals surface area contributed by atoms with Crippen LogP contribution in [0.15, 0.2) is 23.1 Å². The smallest absolute Gasteiger partial charge is 0.340 e. The number of carbonyl (C=O) groups is 2. The zero-order chi connectivity index (χ0) is 20.0. The molecular weight excluding hydrogens is 392 g/mol. The van der Waals surface area contributed by atoms with Crippen molar-refractivity contribution in [2.45, 2.75) is 37.0 Å².